The first-order chi connectivity index (χ1) is 4.95. The van der Waals surface area contributed by atoms with E-state index in [4.69, 9.17) is 0 Å². The molecule has 2 fully saturated rings. The predicted molar refractivity (Wildman–Crippen MR) is 41.0 cm³/mol. The highest BCUT2D eigenvalue weighted by Crippen LogP contribution is 2.19. The number of hydrogen-bond donors (Lipinski definition) is 1. The molecule has 2 heteroatoms. The van der Waals surface area contributed by atoms with Crippen molar-refractivity contribution in [3.8, 4) is 0 Å². The Morgan fingerprint density at radius 3 is 2.80 bits per heavy atom. The van der Waals surface area contributed by atoms with E-state index in [-0.39, 0.29) is 0 Å². The lowest BCUT2D eigenvalue weighted by molar-refractivity contribution is 0.527. The summed E-state index contributed by atoms with van der Waals surface area (Å²) in [4.78, 5) is 0. The number of hydrogen-bond acceptors (Lipinski definition) is 1. The molecule has 2 aliphatic rings. The molecule has 2 nitrogen and oxygen atoms in total. The Kier molecular flexibility index (Phi) is 1.91. The maximum atomic E-state index is 4.47. The Hall–Kier alpha value is -0.0800. The number of rotatable bonds is 3. The minimum absolute atomic E-state index is 0.653. The summed E-state index contributed by atoms with van der Waals surface area (Å²) in [7, 11) is 0. The second-order valence-electron chi connectivity index (χ2n) is 3.38. The highest BCUT2D eigenvalue weighted by molar-refractivity contribution is 4.84. The summed E-state index contributed by atoms with van der Waals surface area (Å²) >= 11 is 0. The van der Waals surface area contributed by atoms with Gasteiger partial charge in [0.15, 0.2) is 0 Å². The SMILES string of the molecule is C1C[N]C(CNC2CC2)C1. The lowest BCUT2D eigenvalue weighted by Gasteiger charge is -2.08. The van der Waals surface area contributed by atoms with Crippen LogP contribution in [0.25, 0.3) is 0 Å². The molecule has 1 aliphatic carbocycles. The van der Waals surface area contributed by atoms with Crippen molar-refractivity contribution in [2.24, 2.45) is 0 Å². The quantitative estimate of drug-likeness (QED) is 0.605. The molecule has 57 valence electrons. The van der Waals surface area contributed by atoms with E-state index in [1.54, 1.807) is 0 Å². The minimum Gasteiger partial charge on any atom is -0.312 e. The van der Waals surface area contributed by atoms with Gasteiger partial charge in [-0.3, -0.25) is 0 Å². The van der Waals surface area contributed by atoms with Gasteiger partial charge >= 0.3 is 0 Å². The van der Waals surface area contributed by atoms with Crippen molar-refractivity contribution >= 4 is 0 Å². The van der Waals surface area contributed by atoms with Crippen molar-refractivity contribution in [3.05, 3.63) is 0 Å². The third kappa shape index (κ3) is 1.70. The molecule has 0 aromatic heterocycles. The molecule has 1 radical (unpaired) electrons. The number of nitrogens with one attached hydrogen (secondary N) is 1. The molecule has 0 aromatic carbocycles. The molecular formula is C8H15N2. The van der Waals surface area contributed by atoms with Gasteiger partial charge in [0.2, 0.25) is 0 Å². The van der Waals surface area contributed by atoms with Gasteiger partial charge in [-0.1, -0.05) is 0 Å². The molecular weight excluding hydrogens is 124 g/mol. The van der Waals surface area contributed by atoms with Crippen molar-refractivity contribution in [2.45, 2.75) is 37.8 Å². The van der Waals surface area contributed by atoms with E-state index in [2.05, 4.69) is 10.6 Å². The minimum atomic E-state index is 0.653. The fourth-order valence-electron chi connectivity index (χ4n) is 1.45. The van der Waals surface area contributed by atoms with Crippen molar-refractivity contribution in [1.29, 1.82) is 0 Å². The van der Waals surface area contributed by atoms with Crippen molar-refractivity contribution < 1.29 is 0 Å². The third-order valence-electron chi connectivity index (χ3n) is 2.30. The summed E-state index contributed by atoms with van der Waals surface area (Å²) in [5.41, 5.74) is 0. The Morgan fingerprint density at radius 1 is 1.30 bits per heavy atom. The van der Waals surface area contributed by atoms with E-state index < -0.39 is 0 Å². The molecule has 1 atom stereocenters. The van der Waals surface area contributed by atoms with Gasteiger partial charge in [0.25, 0.3) is 0 Å². The molecule has 1 saturated carbocycles. The maximum Gasteiger partial charge on any atom is 0.0371 e. The standard InChI is InChI=1S/C8H15N2/c1-2-8(9-5-1)6-10-7-3-4-7/h7-8,10H,1-6H2. The van der Waals surface area contributed by atoms with Gasteiger partial charge in [-0.05, 0) is 25.7 Å². The molecule has 1 N–H and O–H groups in total. The molecule has 0 bridgehead atoms. The van der Waals surface area contributed by atoms with E-state index in [0.29, 0.717) is 6.04 Å². The van der Waals surface area contributed by atoms with Gasteiger partial charge in [-0.15, -0.1) is 0 Å². The predicted octanol–water partition coefficient (Wildman–Crippen LogP) is 0.505. The maximum absolute atomic E-state index is 4.47. The van der Waals surface area contributed by atoms with E-state index in [9.17, 15) is 0 Å². The first kappa shape index (κ1) is 6.62. The van der Waals surface area contributed by atoms with Gasteiger partial charge in [0, 0.05) is 25.2 Å². The second kappa shape index (κ2) is 2.89. The second-order valence-corrected chi connectivity index (χ2v) is 3.38. The zero-order chi connectivity index (χ0) is 6.81. The summed E-state index contributed by atoms with van der Waals surface area (Å²) in [6, 6.07) is 1.51. The average molecular weight is 139 g/mol. The van der Waals surface area contributed by atoms with Crippen LogP contribution < -0.4 is 10.6 Å². The van der Waals surface area contributed by atoms with Crippen LogP contribution in [0, 0.1) is 0 Å². The van der Waals surface area contributed by atoms with Crippen LogP contribution in [0.15, 0.2) is 0 Å². The largest absolute Gasteiger partial charge is 0.312 e. The lowest BCUT2D eigenvalue weighted by atomic mass is 10.2. The van der Waals surface area contributed by atoms with E-state index >= 15 is 0 Å². The molecule has 0 aromatic rings. The highest BCUT2D eigenvalue weighted by atomic mass is 15.0. The fourth-order valence-corrected chi connectivity index (χ4v) is 1.45. The number of nitrogens with zero attached hydrogens (tertiary/aromatic N) is 1. The monoisotopic (exact) mass is 139 g/mol. The Morgan fingerprint density at radius 2 is 2.20 bits per heavy atom. The molecule has 1 saturated heterocycles. The topological polar surface area (TPSA) is 26.1 Å². The summed E-state index contributed by atoms with van der Waals surface area (Å²) in [6.07, 6.45) is 5.43. The van der Waals surface area contributed by atoms with Crippen molar-refractivity contribution in [3.63, 3.8) is 0 Å². The van der Waals surface area contributed by atoms with Crippen LogP contribution in [0.5, 0.6) is 0 Å². The van der Waals surface area contributed by atoms with Crippen molar-refractivity contribution in [1.82, 2.24) is 10.6 Å². The van der Waals surface area contributed by atoms with Crippen LogP contribution in [-0.2, 0) is 0 Å². The van der Waals surface area contributed by atoms with Gasteiger partial charge < -0.3 is 5.32 Å². The van der Waals surface area contributed by atoms with Crippen LogP contribution in [0.1, 0.15) is 25.7 Å². The molecule has 0 amide bonds. The van der Waals surface area contributed by atoms with Gasteiger partial charge in [0.1, 0.15) is 0 Å². The van der Waals surface area contributed by atoms with Crippen LogP contribution in [-0.4, -0.2) is 25.2 Å². The molecule has 1 unspecified atom stereocenters. The third-order valence-corrected chi connectivity index (χ3v) is 2.30. The van der Waals surface area contributed by atoms with Gasteiger partial charge in [-0.25, -0.2) is 5.32 Å². The normalized spacial score (nSPS) is 33.0. The summed E-state index contributed by atoms with van der Waals surface area (Å²) < 4.78 is 0. The molecule has 1 aliphatic heterocycles. The van der Waals surface area contributed by atoms with E-state index in [1.165, 1.54) is 25.7 Å². The van der Waals surface area contributed by atoms with Gasteiger partial charge in [0.05, 0.1) is 0 Å². The summed E-state index contributed by atoms with van der Waals surface area (Å²) in [5, 5.41) is 7.98. The lowest BCUT2D eigenvalue weighted by Crippen LogP contribution is -2.31. The summed E-state index contributed by atoms with van der Waals surface area (Å²) in [6.45, 7) is 2.25. The zero-order valence-electron chi connectivity index (χ0n) is 6.34. The first-order valence-electron chi connectivity index (χ1n) is 4.35. The Balaban J connectivity index is 1.59. The van der Waals surface area contributed by atoms with E-state index in [1.807, 2.05) is 0 Å². The fraction of sp³-hybridized carbons (Fsp3) is 1.00. The van der Waals surface area contributed by atoms with E-state index in [0.717, 1.165) is 19.1 Å². The first-order valence-corrected chi connectivity index (χ1v) is 4.35. The molecule has 2 rings (SSSR count). The van der Waals surface area contributed by atoms with Crippen LogP contribution in [0.4, 0.5) is 0 Å². The smallest absolute Gasteiger partial charge is 0.0371 e. The van der Waals surface area contributed by atoms with Crippen LogP contribution >= 0.6 is 0 Å². The summed E-state index contributed by atoms with van der Waals surface area (Å²) in [5.74, 6) is 0. The van der Waals surface area contributed by atoms with Crippen LogP contribution in [0.3, 0.4) is 0 Å². The Labute approximate surface area is 62.4 Å². The zero-order valence-corrected chi connectivity index (χ0v) is 6.34. The highest BCUT2D eigenvalue weighted by Gasteiger charge is 2.23. The molecule has 1 heterocycles. The average Bonchev–Trinajstić information content (AvgIpc) is 2.63. The van der Waals surface area contributed by atoms with Gasteiger partial charge in [-0.2, -0.15) is 0 Å². The molecule has 0 spiro atoms. The Bertz CT molecular complexity index is 104. The van der Waals surface area contributed by atoms with Crippen LogP contribution in [0.2, 0.25) is 0 Å². The molecule has 10 heavy (non-hydrogen) atoms. The van der Waals surface area contributed by atoms with Crippen molar-refractivity contribution in [2.75, 3.05) is 13.1 Å².